The van der Waals surface area contributed by atoms with Crippen molar-refractivity contribution >= 4 is 35.0 Å². The van der Waals surface area contributed by atoms with Crippen molar-refractivity contribution in [2.45, 2.75) is 31.6 Å². The lowest BCUT2D eigenvalue weighted by Crippen LogP contribution is -2.60. The van der Waals surface area contributed by atoms with Crippen LogP contribution >= 0.6 is 11.6 Å². The number of anilines is 2. The molecule has 0 unspecified atom stereocenters. The lowest BCUT2D eigenvalue weighted by Gasteiger charge is -2.26. The van der Waals surface area contributed by atoms with Gasteiger partial charge in [-0.15, -0.1) is 0 Å². The lowest BCUT2D eigenvalue weighted by molar-refractivity contribution is -0.137. The molecule has 15 heteroatoms. The van der Waals surface area contributed by atoms with E-state index in [0.29, 0.717) is 5.82 Å². The van der Waals surface area contributed by atoms with Crippen molar-refractivity contribution in [1.82, 2.24) is 25.6 Å². The maximum absolute atomic E-state index is 14.7. The zero-order chi connectivity index (χ0) is 28.2. The molecule has 3 N–H and O–H groups in total. The highest BCUT2D eigenvalue weighted by molar-refractivity contribution is 6.30. The van der Waals surface area contributed by atoms with Crippen LogP contribution in [0.5, 0.6) is 5.75 Å². The molecule has 0 saturated carbocycles. The van der Waals surface area contributed by atoms with Crippen LogP contribution in [0.15, 0.2) is 42.9 Å². The SMILES string of the molecule is Cc1ncc(OC(=O)N[C@@]2(C(=O)NCc3ncc(Nc4ccc(Cl)cc4C(F)(F)F)cc3F)CCOC2)cn1. The smallest absolute Gasteiger partial charge is 0.407 e. The van der Waals surface area contributed by atoms with Gasteiger partial charge in [-0.1, -0.05) is 11.6 Å². The molecule has 4 rings (SSSR count). The Hall–Kier alpha value is -4.04. The second-order valence-corrected chi connectivity index (χ2v) is 8.95. The van der Waals surface area contributed by atoms with Crippen molar-refractivity contribution in [3.05, 3.63) is 70.8 Å². The summed E-state index contributed by atoms with van der Waals surface area (Å²) in [6, 6.07) is 4.06. The maximum atomic E-state index is 14.7. The van der Waals surface area contributed by atoms with E-state index in [2.05, 4.69) is 30.9 Å². The Labute approximate surface area is 224 Å². The number of amides is 2. The molecule has 0 bridgehead atoms. The van der Waals surface area contributed by atoms with Gasteiger partial charge in [0.15, 0.2) is 5.75 Å². The third-order valence-corrected chi connectivity index (χ3v) is 5.90. The van der Waals surface area contributed by atoms with Crippen LogP contribution in [-0.4, -0.2) is 45.7 Å². The number of hydrogen-bond acceptors (Lipinski definition) is 8. The predicted molar refractivity (Wildman–Crippen MR) is 130 cm³/mol. The standard InChI is InChI=1S/C24H21ClF4N6O4/c1-13-30-9-16(10-31-13)39-22(37)35-23(4-5-38-12-23)21(36)33-11-20-18(26)7-15(8-32-20)34-19-3-2-14(25)6-17(19)24(27,28)29/h2-3,6-10,34H,4-5,11-12H2,1H3,(H,33,36)(H,35,37)/t23-/m0/s1. The van der Waals surface area contributed by atoms with Gasteiger partial charge in [0.25, 0.3) is 0 Å². The van der Waals surface area contributed by atoms with E-state index in [1.165, 1.54) is 18.5 Å². The summed E-state index contributed by atoms with van der Waals surface area (Å²) in [5, 5.41) is 7.36. The molecule has 1 atom stereocenters. The third kappa shape index (κ3) is 6.89. The Morgan fingerprint density at radius 2 is 1.90 bits per heavy atom. The van der Waals surface area contributed by atoms with Gasteiger partial charge in [0, 0.05) is 24.1 Å². The van der Waals surface area contributed by atoms with Crippen molar-refractivity contribution < 1.29 is 36.6 Å². The van der Waals surface area contributed by atoms with Crippen LogP contribution in [0.4, 0.5) is 33.7 Å². The van der Waals surface area contributed by atoms with Crippen molar-refractivity contribution in [2.24, 2.45) is 0 Å². The molecule has 10 nitrogen and oxygen atoms in total. The van der Waals surface area contributed by atoms with Gasteiger partial charge in [0.2, 0.25) is 5.91 Å². The average Bonchev–Trinajstić information content (AvgIpc) is 3.35. The summed E-state index contributed by atoms with van der Waals surface area (Å²) in [5.41, 5.74) is -3.09. The van der Waals surface area contributed by atoms with E-state index in [0.717, 1.165) is 24.4 Å². The van der Waals surface area contributed by atoms with Crippen LogP contribution < -0.4 is 20.7 Å². The molecular weight excluding hydrogens is 548 g/mol. The summed E-state index contributed by atoms with van der Waals surface area (Å²) >= 11 is 5.68. The number of nitrogens with one attached hydrogen (secondary N) is 3. The molecule has 206 valence electrons. The minimum absolute atomic E-state index is 0.0550. The molecule has 0 aliphatic carbocycles. The molecular formula is C24H21ClF4N6O4. The molecule has 3 heterocycles. The number of rotatable bonds is 7. The number of nitrogens with zero attached hydrogens (tertiary/aromatic N) is 3. The number of ether oxygens (including phenoxy) is 2. The van der Waals surface area contributed by atoms with E-state index < -0.39 is 35.1 Å². The normalized spacial score (nSPS) is 17.0. The zero-order valence-electron chi connectivity index (χ0n) is 20.2. The van der Waals surface area contributed by atoms with Crippen LogP contribution in [0.3, 0.4) is 0 Å². The first-order valence-corrected chi connectivity index (χ1v) is 11.8. The Balaban J connectivity index is 1.40. The molecule has 1 fully saturated rings. The van der Waals surface area contributed by atoms with Gasteiger partial charge in [0.05, 0.1) is 54.4 Å². The van der Waals surface area contributed by atoms with E-state index in [-0.39, 0.29) is 54.0 Å². The largest absolute Gasteiger partial charge is 0.418 e. The maximum Gasteiger partial charge on any atom is 0.418 e. The van der Waals surface area contributed by atoms with Gasteiger partial charge in [-0.25, -0.2) is 19.2 Å². The van der Waals surface area contributed by atoms with E-state index in [1.54, 1.807) is 6.92 Å². The summed E-state index contributed by atoms with van der Waals surface area (Å²) in [6.45, 7) is 1.31. The number of carbonyl (C=O) groups excluding carboxylic acids is 2. The summed E-state index contributed by atoms with van der Waals surface area (Å²) in [4.78, 5) is 37.1. The number of aryl methyl sites for hydroxylation is 1. The molecule has 3 aromatic rings. The highest BCUT2D eigenvalue weighted by Gasteiger charge is 2.44. The Morgan fingerprint density at radius 3 is 2.54 bits per heavy atom. The molecule has 39 heavy (non-hydrogen) atoms. The first-order chi connectivity index (χ1) is 18.4. The number of hydrogen-bond donors (Lipinski definition) is 3. The van der Waals surface area contributed by atoms with E-state index in [9.17, 15) is 27.2 Å². The summed E-state index contributed by atoms with van der Waals surface area (Å²) in [7, 11) is 0. The monoisotopic (exact) mass is 568 g/mol. The van der Waals surface area contributed by atoms with E-state index >= 15 is 0 Å². The number of carbonyl (C=O) groups is 2. The Kier molecular flexibility index (Phi) is 8.16. The third-order valence-electron chi connectivity index (χ3n) is 5.67. The number of aromatic nitrogens is 3. The van der Waals surface area contributed by atoms with Crippen LogP contribution in [0.25, 0.3) is 0 Å². The number of alkyl halides is 3. The number of halogens is 5. The van der Waals surface area contributed by atoms with Gasteiger partial charge in [-0.3, -0.25) is 9.78 Å². The summed E-state index contributed by atoms with van der Waals surface area (Å²) < 4.78 is 65.2. The fraction of sp³-hybridized carbons (Fsp3) is 0.292. The minimum Gasteiger partial charge on any atom is -0.407 e. The topological polar surface area (TPSA) is 127 Å². The second kappa shape index (κ2) is 11.4. The minimum atomic E-state index is -4.70. The second-order valence-electron chi connectivity index (χ2n) is 8.51. The highest BCUT2D eigenvalue weighted by Crippen LogP contribution is 2.37. The van der Waals surface area contributed by atoms with E-state index in [1.807, 2.05) is 0 Å². The van der Waals surface area contributed by atoms with E-state index in [4.69, 9.17) is 21.1 Å². The molecule has 1 aromatic carbocycles. The molecule has 1 saturated heterocycles. The van der Waals surface area contributed by atoms with Crippen molar-refractivity contribution in [3.8, 4) is 5.75 Å². The lowest BCUT2D eigenvalue weighted by atomic mass is 9.97. The van der Waals surface area contributed by atoms with Gasteiger partial charge in [0.1, 0.15) is 17.2 Å². The molecule has 1 aliphatic rings. The van der Waals surface area contributed by atoms with Crippen molar-refractivity contribution in [3.63, 3.8) is 0 Å². The van der Waals surface area contributed by atoms with Gasteiger partial charge in [-0.2, -0.15) is 13.2 Å². The first kappa shape index (κ1) is 28.0. The van der Waals surface area contributed by atoms with Crippen LogP contribution in [0.1, 0.15) is 23.5 Å². The average molecular weight is 569 g/mol. The predicted octanol–water partition coefficient (Wildman–Crippen LogP) is 4.30. The van der Waals surface area contributed by atoms with Crippen molar-refractivity contribution in [2.75, 3.05) is 18.5 Å². The zero-order valence-corrected chi connectivity index (χ0v) is 21.0. The quantitative estimate of drug-likeness (QED) is 0.360. The fourth-order valence-electron chi connectivity index (χ4n) is 3.67. The van der Waals surface area contributed by atoms with Gasteiger partial charge >= 0.3 is 12.3 Å². The molecule has 0 spiro atoms. The van der Waals surface area contributed by atoms with Crippen LogP contribution in [0.2, 0.25) is 5.02 Å². The van der Waals surface area contributed by atoms with Gasteiger partial charge in [-0.05, 0) is 25.1 Å². The molecule has 2 amide bonds. The highest BCUT2D eigenvalue weighted by atomic mass is 35.5. The van der Waals surface area contributed by atoms with Crippen LogP contribution in [-0.2, 0) is 22.3 Å². The summed E-state index contributed by atoms with van der Waals surface area (Å²) in [6.07, 6.45) is -1.80. The Morgan fingerprint density at radius 1 is 1.15 bits per heavy atom. The molecule has 1 aliphatic heterocycles. The first-order valence-electron chi connectivity index (χ1n) is 11.4. The number of benzene rings is 1. The molecule has 2 aromatic heterocycles. The van der Waals surface area contributed by atoms with Crippen molar-refractivity contribution in [1.29, 1.82) is 0 Å². The number of pyridine rings is 1. The fourth-order valence-corrected chi connectivity index (χ4v) is 3.85. The molecule has 0 radical (unpaired) electrons. The van der Waals surface area contributed by atoms with Crippen LogP contribution in [0, 0.1) is 12.7 Å². The van der Waals surface area contributed by atoms with Gasteiger partial charge < -0.3 is 25.4 Å². The summed E-state index contributed by atoms with van der Waals surface area (Å²) in [5.74, 6) is -1.01. The Bertz CT molecular complexity index is 1370.